The Balaban J connectivity index is 2.12. The van der Waals surface area contributed by atoms with Gasteiger partial charge in [-0.05, 0) is 52.4 Å². The van der Waals surface area contributed by atoms with Crippen LogP contribution in [0, 0.1) is 5.92 Å². The summed E-state index contributed by atoms with van der Waals surface area (Å²) < 4.78 is 0.940. The van der Waals surface area contributed by atoms with Gasteiger partial charge >= 0.3 is 0 Å². The minimum atomic E-state index is 0.531. The van der Waals surface area contributed by atoms with Crippen molar-refractivity contribution in [2.24, 2.45) is 5.92 Å². The first-order valence-electron chi connectivity index (χ1n) is 7.23. The van der Waals surface area contributed by atoms with Crippen molar-refractivity contribution < 1.29 is 0 Å². The zero-order valence-electron chi connectivity index (χ0n) is 11.9. The predicted octanol–water partition coefficient (Wildman–Crippen LogP) is 3.23. The van der Waals surface area contributed by atoms with E-state index in [1.54, 1.807) is 0 Å². The van der Waals surface area contributed by atoms with Gasteiger partial charge in [-0.3, -0.25) is 4.90 Å². The molecule has 1 aliphatic rings. The summed E-state index contributed by atoms with van der Waals surface area (Å²) in [5.74, 6) is 0.760. The first-order chi connectivity index (χ1) is 9.16. The molecule has 1 atom stereocenters. The molecule has 0 amide bonds. The summed E-state index contributed by atoms with van der Waals surface area (Å²) in [5, 5.41) is 3.43. The maximum atomic E-state index is 4.25. The van der Waals surface area contributed by atoms with Crippen LogP contribution in [-0.2, 0) is 0 Å². The number of hydrogen-bond acceptors (Lipinski definition) is 3. The van der Waals surface area contributed by atoms with Crippen LogP contribution in [0.15, 0.2) is 22.9 Å². The lowest BCUT2D eigenvalue weighted by molar-refractivity contribution is 0.159. The molecule has 1 N–H and O–H groups in total. The van der Waals surface area contributed by atoms with Gasteiger partial charge in [-0.25, -0.2) is 4.98 Å². The normalized spacial score (nSPS) is 18.7. The molecule has 4 heteroatoms. The van der Waals surface area contributed by atoms with Crippen LogP contribution in [-0.4, -0.2) is 36.1 Å². The van der Waals surface area contributed by atoms with Crippen molar-refractivity contribution >= 4 is 15.9 Å². The Morgan fingerprint density at radius 2 is 2.05 bits per heavy atom. The fraction of sp³-hybridized carbons (Fsp3) is 0.667. The number of rotatable bonds is 5. The standard InChI is InChI=1S/C15H24BrN3/c1-12(2)3-4-14(19-9-7-17-8-10-19)13-5-6-18-15(16)11-13/h5-6,11-12,14,17H,3-4,7-10H2,1-2H3/t14-/m0/s1. The Morgan fingerprint density at radius 1 is 1.32 bits per heavy atom. The molecular formula is C15H24BrN3. The smallest absolute Gasteiger partial charge is 0.106 e. The number of aromatic nitrogens is 1. The molecule has 0 aromatic carbocycles. The Hall–Kier alpha value is -0.450. The Morgan fingerprint density at radius 3 is 2.68 bits per heavy atom. The molecule has 1 aromatic heterocycles. The second kappa shape index (κ2) is 7.36. The Kier molecular flexibility index (Phi) is 5.79. The van der Waals surface area contributed by atoms with Crippen molar-refractivity contribution in [2.75, 3.05) is 26.2 Å². The first kappa shape index (κ1) is 14.9. The molecule has 0 spiro atoms. The largest absolute Gasteiger partial charge is 0.314 e. The van der Waals surface area contributed by atoms with Gasteiger partial charge < -0.3 is 5.32 Å². The van der Waals surface area contributed by atoms with Crippen molar-refractivity contribution in [2.45, 2.75) is 32.7 Å². The number of pyridine rings is 1. The average molecular weight is 326 g/mol. The van der Waals surface area contributed by atoms with E-state index >= 15 is 0 Å². The zero-order valence-corrected chi connectivity index (χ0v) is 13.5. The molecule has 2 heterocycles. The summed E-state index contributed by atoms with van der Waals surface area (Å²) in [6.07, 6.45) is 4.41. The summed E-state index contributed by atoms with van der Waals surface area (Å²) in [6.45, 7) is 9.09. The van der Waals surface area contributed by atoms with E-state index in [-0.39, 0.29) is 0 Å². The number of nitrogens with zero attached hydrogens (tertiary/aromatic N) is 2. The number of hydrogen-bond donors (Lipinski definition) is 1. The van der Waals surface area contributed by atoms with Crippen LogP contribution in [0.4, 0.5) is 0 Å². The highest BCUT2D eigenvalue weighted by molar-refractivity contribution is 9.10. The average Bonchev–Trinajstić information content (AvgIpc) is 2.40. The second-order valence-electron chi connectivity index (χ2n) is 5.68. The SMILES string of the molecule is CC(C)CC[C@@H](c1ccnc(Br)c1)N1CCNCC1. The predicted molar refractivity (Wildman–Crippen MR) is 83.2 cm³/mol. The summed E-state index contributed by atoms with van der Waals surface area (Å²) >= 11 is 3.49. The lowest BCUT2D eigenvalue weighted by Crippen LogP contribution is -2.45. The van der Waals surface area contributed by atoms with E-state index in [4.69, 9.17) is 0 Å². The molecule has 2 rings (SSSR count). The molecule has 0 unspecified atom stereocenters. The minimum absolute atomic E-state index is 0.531. The maximum absolute atomic E-state index is 4.25. The van der Waals surface area contributed by atoms with Gasteiger partial charge in [0.05, 0.1) is 0 Å². The fourth-order valence-corrected chi connectivity index (χ4v) is 3.05. The van der Waals surface area contributed by atoms with Crippen LogP contribution in [0.2, 0.25) is 0 Å². The first-order valence-corrected chi connectivity index (χ1v) is 8.02. The molecule has 1 aliphatic heterocycles. The van der Waals surface area contributed by atoms with Crippen molar-refractivity contribution in [3.63, 3.8) is 0 Å². The quantitative estimate of drug-likeness (QED) is 0.842. The molecular weight excluding hydrogens is 302 g/mol. The van der Waals surface area contributed by atoms with Gasteiger partial charge in [0.1, 0.15) is 4.60 Å². The van der Waals surface area contributed by atoms with E-state index in [2.05, 4.69) is 57.1 Å². The van der Waals surface area contributed by atoms with Gasteiger partial charge in [0.25, 0.3) is 0 Å². The van der Waals surface area contributed by atoms with Gasteiger partial charge in [-0.15, -0.1) is 0 Å². The molecule has 0 bridgehead atoms. The molecule has 1 aromatic rings. The van der Waals surface area contributed by atoms with Crippen molar-refractivity contribution in [1.29, 1.82) is 0 Å². The molecule has 1 saturated heterocycles. The van der Waals surface area contributed by atoms with Gasteiger partial charge in [0, 0.05) is 38.4 Å². The number of halogens is 1. The monoisotopic (exact) mass is 325 g/mol. The molecule has 0 saturated carbocycles. The zero-order chi connectivity index (χ0) is 13.7. The molecule has 0 radical (unpaired) electrons. The van der Waals surface area contributed by atoms with E-state index in [9.17, 15) is 0 Å². The summed E-state index contributed by atoms with van der Waals surface area (Å²) in [4.78, 5) is 6.86. The molecule has 1 fully saturated rings. The molecule has 3 nitrogen and oxygen atoms in total. The highest BCUT2D eigenvalue weighted by Crippen LogP contribution is 2.28. The molecule has 0 aliphatic carbocycles. The van der Waals surface area contributed by atoms with Gasteiger partial charge in [-0.1, -0.05) is 13.8 Å². The number of piperazine rings is 1. The van der Waals surface area contributed by atoms with Crippen molar-refractivity contribution in [3.8, 4) is 0 Å². The van der Waals surface area contributed by atoms with Gasteiger partial charge in [-0.2, -0.15) is 0 Å². The van der Waals surface area contributed by atoms with E-state index in [1.807, 2.05) is 6.20 Å². The highest BCUT2D eigenvalue weighted by atomic mass is 79.9. The fourth-order valence-electron chi connectivity index (χ4n) is 2.67. The van der Waals surface area contributed by atoms with Crippen molar-refractivity contribution in [3.05, 3.63) is 28.5 Å². The minimum Gasteiger partial charge on any atom is -0.314 e. The van der Waals surface area contributed by atoms with E-state index in [1.165, 1.54) is 18.4 Å². The summed E-state index contributed by atoms with van der Waals surface area (Å²) in [7, 11) is 0. The van der Waals surface area contributed by atoms with Crippen LogP contribution in [0.1, 0.15) is 38.3 Å². The van der Waals surface area contributed by atoms with Crippen LogP contribution in [0.25, 0.3) is 0 Å². The maximum Gasteiger partial charge on any atom is 0.106 e. The van der Waals surface area contributed by atoms with Crippen LogP contribution in [0.3, 0.4) is 0 Å². The lowest BCUT2D eigenvalue weighted by atomic mass is 9.96. The molecule has 19 heavy (non-hydrogen) atoms. The Labute approximate surface area is 124 Å². The third kappa shape index (κ3) is 4.55. The summed E-state index contributed by atoms with van der Waals surface area (Å²) in [6, 6.07) is 4.87. The van der Waals surface area contributed by atoms with Gasteiger partial charge in [0.15, 0.2) is 0 Å². The third-order valence-electron chi connectivity index (χ3n) is 3.75. The lowest BCUT2D eigenvalue weighted by Gasteiger charge is -2.35. The van der Waals surface area contributed by atoms with Crippen LogP contribution < -0.4 is 5.32 Å². The van der Waals surface area contributed by atoms with E-state index in [0.29, 0.717) is 6.04 Å². The van der Waals surface area contributed by atoms with Gasteiger partial charge in [0.2, 0.25) is 0 Å². The second-order valence-corrected chi connectivity index (χ2v) is 6.50. The van der Waals surface area contributed by atoms with E-state index in [0.717, 1.165) is 36.7 Å². The van der Waals surface area contributed by atoms with Crippen LogP contribution in [0.5, 0.6) is 0 Å². The topological polar surface area (TPSA) is 28.2 Å². The van der Waals surface area contributed by atoms with E-state index < -0.39 is 0 Å². The molecule has 106 valence electrons. The van der Waals surface area contributed by atoms with Crippen molar-refractivity contribution in [1.82, 2.24) is 15.2 Å². The highest BCUT2D eigenvalue weighted by Gasteiger charge is 2.22. The number of nitrogens with one attached hydrogen (secondary N) is 1. The summed E-state index contributed by atoms with van der Waals surface area (Å²) in [5.41, 5.74) is 1.39. The van der Waals surface area contributed by atoms with Crippen LogP contribution >= 0.6 is 15.9 Å². The third-order valence-corrected chi connectivity index (χ3v) is 4.18. The Bertz CT molecular complexity index is 389.